The zero-order chi connectivity index (χ0) is 10.3. The molecule has 0 saturated carbocycles. The van der Waals surface area contributed by atoms with Crippen molar-refractivity contribution in [3.63, 3.8) is 0 Å². The molecule has 0 aliphatic heterocycles. The predicted molar refractivity (Wildman–Crippen MR) is 42.5 cm³/mol. The first kappa shape index (κ1) is 10.5. The van der Waals surface area contributed by atoms with Crippen LogP contribution in [0.4, 0.5) is 13.2 Å². The van der Waals surface area contributed by atoms with E-state index in [1.807, 2.05) is 0 Å². The molecule has 0 fully saturated rings. The molecule has 1 unspecified atom stereocenters. The molecule has 6 heteroatoms. The molecule has 0 aliphatic rings. The van der Waals surface area contributed by atoms with Gasteiger partial charge in [0.2, 0.25) is 5.60 Å². The third-order valence-corrected chi connectivity index (χ3v) is 2.76. The van der Waals surface area contributed by atoms with E-state index in [1.165, 1.54) is 5.38 Å². The van der Waals surface area contributed by atoms with E-state index >= 15 is 0 Å². The van der Waals surface area contributed by atoms with Crippen LogP contribution >= 0.6 is 11.3 Å². The Morgan fingerprint density at radius 2 is 2.00 bits per heavy atom. The zero-order valence-corrected chi connectivity index (χ0v) is 7.83. The summed E-state index contributed by atoms with van der Waals surface area (Å²) in [6.07, 6.45) is -4.68. The lowest BCUT2D eigenvalue weighted by molar-refractivity contribution is -0.258. The molecule has 13 heavy (non-hydrogen) atoms. The van der Waals surface area contributed by atoms with E-state index in [4.69, 9.17) is 5.11 Å². The first-order chi connectivity index (χ1) is 5.75. The number of thiazole rings is 1. The van der Waals surface area contributed by atoms with Gasteiger partial charge in [0.15, 0.2) is 0 Å². The van der Waals surface area contributed by atoms with E-state index in [2.05, 4.69) is 4.98 Å². The van der Waals surface area contributed by atoms with Gasteiger partial charge in [-0.05, 0) is 13.8 Å². The molecule has 0 aliphatic carbocycles. The molecule has 0 spiro atoms. The lowest BCUT2D eigenvalue weighted by Gasteiger charge is -2.23. The van der Waals surface area contributed by atoms with Gasteiger partial charge in [0.25, 0.3) is 0 Å². The fourth-order valence-corrected chi connectivity index (χ4v) is 1.58. The maximum Gasteiger partial charge on any atom is 0.423 e. The number of aryl methyl sites for hydroxylation is 1. The van der Waals surface area contributed by atoms with E-state index in [0.29, 0.717) is 12.6 Å². The Morgan fingerprint density at radius 3 is 2.31 bits per heavy atom. The lowest BCUT2D eigenvalue weighted by Crippen LogP contribution is -2.39. The molecule has 1 aromatic rings. The van der Waals surface area contributed by atoms with Crippen LogP contribution in [0.1, 0.15) is 17.6 Å². The number of alkyl halides is 3. The van der Waals surface area contributed by atoms with Crippen LogP contribution in [0.15, 0.2) is 5.38 Å². The SMILES string of the molecule is Cc1csc(C(C)(O)C(F)(F)F)n1. The van der Waals surface area contributed by atoms with Crippen LogP contribution in [0.5, 0.6) is 0 Å². The minimum atomic E-state index is -4.68. The largest absolute Gasteiger partial charge is 0.423 e. The lowest BCUT2D eigenvalue weighted by atomic mass is 10.1. The molecule has 1 rings (SSSR count). The Balaban J connectivity index is 3.07. The number of aromatic nitrogens is 1. The molecule has 1 atom stereocenters. The second-order valence-corrected chi connectivity index (χ2v) is 3.72. The number of rotatable bonds is 1. The quantitative estimate of drug-likeness (QED) is 0.772. The summed E-state index contributed by atoms with van der Waals surface area (Å²) in [4.78, 5) is 3.60. The summed E-state index contributed by atoms with van der Waals surface area (Å²) in [5.74, 6) is 0. The van der Waals surface area contributed by atoms with Gasteiger partial charge >= 0.3 is 6.18 Å². The van der Waals surface area contributed by atoms with Crippen molar-refractivity contribution in [2.24, 2.45) is 0 Å². The molecule has 0 bridgehead atoms. The van der Waals surface area contributed by atoms with Gasteiger partial charge in [-0.1, -0.05) is 0 Å². The molecule has 1 N–H and O–H groups in total. The van der Waals surface area contributed by atoms with Crippen LogP contribution in [-0.2, 0) is 5.60 Å². The zero-order valence-electron chi connectivity index (χ0n) is 7.01. The number of nitrogens with zero attached hydrogens (tertiary/aromatic N) is 1. The van der Waals surface area contributed by atoms with Crippen molar-refractivity contribution in [2.75, 3.05) is 0 Å². The molecular formula is C7H8F3NOS. The van der Waals surface area contributed by atoms with Gasteiger partial charge in [0.05, 0.1) is 0 Å². The van der Waals surface area contributed by atoms with Crippen LogP contribution in [0, 0.1) is 6.92 Å². The van der Waals surface area contributed by atoms with Crippen molar-refractivity contribution in [2.45, 2.75) is 25.6 Å². The van der Waals surface area contributed by atoms with Crippen molar-refractivity contribution < 1.29 is 18.3 Å². The van der Waals surface area contributed by atoms with E-state index < -0.39 is 11.8 Å². The highest BCUT2D eigenvalue weighted by molar-refractivity contribution is 7.09. The molecule has 74 valence electrons. The van der Waals surface area contributed by atoms with Crippen molar-refractivity contribution in [3.05, 3.63) is 16.1 Å². The van der Waals surface area contributed by atoms with Gasteiger partial charge in [-0.25, -0.2) is 4.98 Å². The number of hydrogen-bond donors (Lipinski definition) is 1. The predicted octanol–water partition coefficient (Wildman–Crippen LogP) is 2.22. The highest BCUT2D eigenvalue weighted by atomic mass is 32.1. The Kier molecular flexibility index (Phi) is 2.38. The smallest absolute Gasteiger partial charge is 0.375 e. The van der Waals surface area contributed by atoms with E-state index in [0.717, 1.165) is 11.3 Å². The summed E-state index contributed by atoms with van der Waals surface area (Å²) in [5, 5.41) is 10.3. The van der Waals surface area contributed by atoms with Gasteiger partial charge in [-0.3, -0.25) is 0 Å². The normalized spacial score (nSPS) is 17.1. The fraction of sp³-hybridized carbons (Fsp3) is 0.571. The topological polar surface area (TPSA) is 33.1 Å². The maximum absolute atomic E-state index is 12.2. The van der Waals surface area contributed by atoms with E-state index in [9.17, 15) is 13.2 Å². The first-order valence-corrected chi connectivity index (χ1v) is 4.35. The average Bonchev–Trinajstić information content (AvgIpc) is 2.33. The Hall–Kier alpha value is -0.620. The van der Waals surface area contributed by atoms with Crippen LogP contribution in [0.2, 0.25) is 0 Å². The third-order valence-electron chi connectivity index (χ3n) is 1.59. The van der Waals surface area contributed by atoms with Crippen LogP contribution in [0.25, 0.3) is 0 Å². The molecule has 1 heterocycles. The molecular weight excluding hydrogens is 203 g/mol. The van der Waals surface area contributed by atoms with Crippen molar-refractivity contribution >= 4 is 11.3 Å². The third kappa shape index (κ3) is 1.83. The summed E-state index contributed by atoms with van der Waals surface area (Å²) in [6.45, 7) is 2.28. The number of hydrogen-bond acceptors (Lipinski definition) is 3. The molecule has 2 nitrogen and oxygen atoms in total. The molecule has 0 amide bonds. The minimum absolute atomic E-state index is 0.322. The average molecular weight is 211 g/mol. The maximum atomic E-state index is 12.2. The number of halogens is 3. The Labute approximate surface area is 77.0 Å². The Bertz CT molecular complexity index is 305. The molecule has 0 radical (unpaired) electrons. The van der Waals surface area contributed by atoms with Crippen LogP contribution in [0.3, 0.4) is 0 Å². The fourth-order valence-electron chi connectivity index (χ4n) is 0.699. The molecule has 0 saturated heterocycles. The summed E-state index contributed by atoms with van der Waals surface area (Å²) in [5.41, 5.74) is -2.36. The summed E-state index contributed by atoms with van der Waals surface area (Å²) >= 11 is 0.802. The minimum Gasteiger partial charge on any atom is -0.375 e. The van der Waals surface area contributed by atoms with Crippen molar-refractivity contribution in [1.29, 1.82) is 0 Å². The summed E-state index contributed by atoms with van der Waals surface area (Å²) in [6, 6.07) is 0. The van der Waals surface area contributed by atoms with Gasteiger partial charge in [0, 0.05) is 11.1 Å². The molecule has 0 aromatic carbocycles. The van der Waals surface area contributed by atoms with Crippen LogP contribution < -0.4 is 0 Å². The van der Waals surface area contributed by atoms with Gasteiger partial charge < -0.3 is 5.11 Å². The number of aliphatic hydroxyl groups is 1. The van der Waals surface area contributed by atoms with Gasteiger partial charge in [0.1, 0.15) is 5.01 Å². The standard InChI is InChI=1S/C7H8F3NOS/c1-4-3-13-5(11-4)6(2,12)7(8,9)10/h3,12H,1-2H3. The van der Waals surface area contributed by atoms with E-state index in [1.54, 1.807) is 6.92 Å². The second kappa shape index (κ2) is 2.95. The second-order valence-electron chi connectivity index (χ2n) is 2.86. The monoisotopic (exact) mass is 211 g/mol. The van der Waals surface area contributed by atoms with Gasteiger partial charge in [-0.15, -0.1) is 11.3 Å². The summed E-state index contributed by atoms with van der Waals surface area (Å²) in [7, 11) is 0. The van der Waals surface area contributed by atoms with Crippen molar-refractivity contribution in [3.8, 4) is 0 Å². The van der Waals surface area contributed by atoms with Crippen molar-refractivity contribution in [1.82, 2.24) is 4.98 Å². The van der Waals surface area contributed by atoms with Gasteiger partial charge in [-0.2, -0.15) is 13.2 Å². The first-order valence-electron chi connectivity index (χ1n) is 3.47. The summed E-state index contributed by atoms with van der Waals surface area (Å²) < 4.78 is 36.7. The highest BCUT2D eigenvalue weighted by Gasteiger charge is 2.53. The van der Waals surface area contributed by atoms with E-state index in [-0.39, 0.29) is 5.01 Å². The Morgan fingerprint density at radius 1 is 1.46 bits per heavy atom. The molecule has 1 aromatic heterocycles. The van der Waals surface area contributed by atoms with Crippen LogP contribution in [-0.4, -0.2) is 16.3 Å². The highest BCUT2D eigenvalue weighted by Crippen LogP contribution is 2.39.